The lowest BCUT2D eigenvalue weighted by Crippen LogP contribution is -2.53. The summed E-state index contributed by atoms with van der Waals surface area (Å²) in [5.74, 6) is 0. The number of rotatable bonds is 5. The lowest BCUT2D eigenvalue weighted by Gasteiger charge is -2.45. The van der Waals surface area contributed by atoms with E-state index in [2.05, 4.69) is 21.8 Å². The maximum absolute atomic E-state index is 13.5. The Hall–Kier alpha value is -2.63. The van der Waals surface area contributed by atoms with Crippen LogP contribution in [-0.2, 0) is 12.7 Å². The Balaban J connectivity index is 1.45. The molecule has 1 aromatic heterocycles. The highest BCUT2D eigenvalue weighted by atomic mass is 19.4. The summed E-state index contributed by atoms with van der Waals surface area (Å²) >= 11 is 0. The van der Waals surface area contributed by atoms with Gasteiger partial charge in [0, 0.05) is 50.1 Å². The van der Waals surface area contributed by atoms with E-state index in [-0.39, 0.29) is 17.3 Å². The number of alkyl halides is 3. The predicted octanol–water partition coefficient (Wildman–Crippen LogP) is 3.83. The summed E-state index contributed by atoms with van der Waals surface area (Å²) in [4.78, 5) is 18.7. The van der Waals surface area contributed by atoms with Crippen molar-refractivity contribution in [2.24, 2.45) is 0 Å². The molecule has 3 heterocycles. The molecule has 2 aliphatic heterocycles. The number of carbonyl (C=O) groups excluding carboxylic acids is 1. The van der Waals surface area contributed by atoms with Crippen molar-refractivity contribution in [3.05, 3.63) is 47.3 Å². The van der Waals surface area contributed by atoms with Crippen LogP contribution in [0.3, 0.4) is 0 Å². The summed E-state index contributed by atoms with van der Waals surface area (Å²) in [6.07, 6.45) is -0.299. The van der Waals surface area contributed by atoms with E-state index in [1.54, 1.807) is 11.0 Å². The number of aromatic nitrogens is 2. The third-order valence-corrected chi connectivity index (χ3v) is 7.62. The van der Waals surface area contributed by atoms with Crippen molar-refractivity contribution < 1.29 is 28.2 Å². The van der Waals surface area contributed by atoms with Crippen LogP contribution in [0.15, 0.2) is 30.5 Å². The molecule has 8 nitrogen and oxygen atoms in total. The molecule has 198 valence electrons. The van der Waals surface area contributed by atoms with Gasteiger partial charge in [0.2, 0.25) is 0 Å². The molecule has 0 atom stereocenters. The number of hydrogen-bond acceptors (Lipinski definition) is 6. The molecule has 0 radical (unpaired) electrons. The second kappa shape index (κ2) is 10.4. The van der Waals surface area contributed by atoms with E-state index < -0.39 is 18.0 Å². The first-order valence-corrected chi connectivity index (χ1v) is 12.4. The SMILES string of the molecule is CN(Cc1ccc(C(F)(F)F)cc1N1CCCCC1)C1(C)CCN(C(=O)n2ccc(C(O)O)n2)CC1. The van der Waals surface area contributed by atoms with Gasteiger partial charge in [0.15, 0.2) is 6.29 Å². The fraction of sp³-hybridized carbons (Fsp3) is 0.600. The van der Waals surface area contributed by atoms with Crippen LogP contribution in [-0.4, -0.2) is 74.6 Å². The zero-order chi connectivity index (χ0) is 26.1. The number of nitrogens with zero attached hydrogens (tertiary/aromatic N) is 5. The van der Waals surface area contributed by atoms with Crippen molar-refractivity contribution >= 4 is 11.7 Å². The van der Waals surface area contributed by atoms with Gasteiger partial charge < -0.3 is 20.0 Å². The number of piperidine rings is 2. The highest BCUT2D eigenvalue weighted by Crippen LogP contribution is 2.36. The summed E-state index contributed by atoms with van der Waals surface area (Å²) in [5, 5.41) is 22.4. The Kier molecular flexibility index (Phi) is 7.63. The van der Waals surface area contributed by atoms with E-state index >= 15 is 0 Å². The van der Waals surface area contributed by atoms with Gasteiger partial charge in [-0.3, -0.25) is 4.90 Å². The van der Waals surface area contributed by atoms with Gasteiger partial charge in [-0.25, -0.2) is 4.79 Å². The average molecular weight is 510 g/mol. The molecule has 11 heteroatoms. The van der Waals surface area contributed by atoms with Crippen LogP contribution in [0.1, 0.15) is 62.1 Å². The van der Waals surface area contributed by atoms with E-state index in [1.165, 1.54) is 24.4 Å². The van der Waals surface area contributed by atoms with Gasteiger partial charge >= 0.3 is 12.2 Å². The number of hydrogen-bond donors (Lipinski definition) is 2. The number of aliphatic hydroxyl groups excluding tert-OH is 1. The maximum Gasteiger partial charge on any atom is 0.416 e. The number of likely N-dealkylation sites (tertiary alicyclic amines) is 1. The molecule has 0 bridgehead atoms. The normalized spacial score (nSPS) is 18.8. The number of halogens is 3. The summed E-state index contributed by atoms with van der Waals surface area (Å²) in [6.45, 7) is 5.12. The first-order valence-electron chi connectivity index (χ1n) is 12.4. The molecule has 0 spiro atoms. The van der Waals surface area contributed by atoms with Crippen LogP contribution < -0.4 is 4.90 Å². The van der Waals surface area contributed by atoms with E-state index in [1.807, 2.05) is 7.05 Å². The fourth-order valence-corrected chi connectivity index (χ4v) is 5.04. The molecule has 0 aliphatic carbocycles. The van der Waals surface area contributed by atoms with Crippen molar-refractivity contribution in [3.8, 4) is 0 Å². The van der Waals surface area contributed by atoms with Gasteiger partial charge in [-0.05, 0) is 69.8 Å². The minimum absolute atomic E-state index is 0.00554. The quantitative estimate of drug-likeness (QED) is 0.596. The monoisotopic (exact) mass is 509 g/mol. The Labute approximate surface area is 208 Å². The first-order chi connectivity index (χ1) is 17.0. The smallest absolute Gasteiger partial charge is 0.371 e. The molecule has 2 saturated heterocycles. The number of anilines is 1. The molecular formula is C25H34F3N5O3. The van der Waals surface area contributed by atoms with Gasteiger partial charge in [0.25, 0.3) is 0 Å². The minimum Gasteiger partial charge on any atom is -0.371 e. The third kappa shape index (κ3) is 5.68. The zero-order valence-electron chi connectivity index (χ0n) is 20.7. The van der Waals surface area contributed by atoms with Crippen LogP contribution in [0.25, 0.3) is 0 Å². The second-order valence-electron chi connectivity index (χ2n) is 10.1. The van der Waals surface area contributed by atoms with E-state index in [4.69, 9.17) is 0 Å². The van der Waals surface area contributed by atoms with Crippen molar-refractivity contribution in [2.75, 3.05) is 38.1 Å². The van der Waals surface area contributed by atoms with E-state index in [9.17, 15) is 28.2 Å². The molecular weight excluding hydrogens is 475 g/mol. The molecule has 2 fully saturated rings. The number of carbonyl (C=O) groups is 1. The second-order valence-corrected chi connectivity index (χ2v) is 10.1. The predicted molar refractivity (Wildman–Crippen MR) is 128 cm³/mol. The van der Waals surface area contributed by atoms with Gasteiger partial charge in [-0.15, -0.1) is 0 Å². The number of benzene rings is 1. The highest BCUT2D eigenvalue weighted by Gasteiger charge is 2.37. The van der Waals surface area contributed by atoms with E-state index in [0.29, 0.717) is 38.2 Å². The van der Waals surface area contributed by atoms with Gasteiger partial charge in [0.1, 0.15) is 5.69 Å². The third-order valence-electron chi connectivity index (χ3n) is 7.62. The fourth-order valence-electron chi connectivity index (χ4n) is 5.04. The molecule has 1 amide bonds. The lowest BCUT2D eigenvalue weighted by atomic mass is 9.87. The van der Waals surface area contributed by atoms with Crippen molar-refractivity contribution in [1.82, 2.24) is 19.6 Å². The number of aliphatic hydroxyl groups is 2. The van der Waals surface area contributed by atoms with Gasteiger partial charge in [-0.1, -0.05) is 6.07 Å². The van der Waals surface area contributed by atoms with Gasteiger partial charge in [-0.2, -0.15) is 23.0 Å². The number of amides is 1. The largest absolute Gasteiger partial charge is 0.416 e. The first kappa shape index (κ1) is 26.4. The molecule has 2 N–H and O–H groups in total. The van der Waals surface area contributed by atoms with Crippen LogP contribution in [0.4, 0.5) is 23.7 Å². The Morgan fingerprint density at radius 1 is 1.11 bits per heavy atom. The molecule has 2 aromatic rings. The lowest BCUT2D eigenvalue weighted by molar-refractivity contribution is -0.137. The maximum atomic E-state index is 13.5. The topological polar surface area (TPSA) is 85.1 Å². The summed E-state index contributed by atoms with van der Waals surface area (Å²) in [6, 6.07) is 5.12. The average Bonchev–Trinajstić information content (AvgIpc) is 3.35. The van der Waals surface area contributed by atoms with Crippen molar-refractivity contribution in [3.63, 3.8) is 0 Å². The van der Waals surface area contributed by atoms with Crippen LogP contribution >= 0.6 is 0 Å². The Morgan fingerprint density at radius 3 is 2.36 bits per heavy atom. The summed E-state index contributed by atoms with van der Waals surface area (Å²) in [5.41, 5.74) is 0.677. The molecule has 2 aliphatic rings. The Morgan fingerprint density at radius 2 is 1.78 bits per heavy atom. The van der Waals surface area contributed by atoms with Crippen molar-refractivity contribution in [2.45, 2.75) is 63.6 Å². The molecule has 4 rings (SSSR count). The van der Waals surface area contributed by atoms with Crippen molar-refractivity contribution in [1.29, 1.82) is 0 Å². The summed E-state index contributed by atoms with van der Waals surface area (Å²) < 4.78 is 41.5. The summed E-state index contributed by atoms with van der Waals surface area (Å²) in [7, 11) is 1.98. The van der Waals surface area contributed by atoms with Crippen LogP contribution in [0.2, 0.25) is 0 Å². The molecule has 36 heavy (non-hydrogen) atoms. The minimum atomic E-state index is -4.38. The molecule has 1 aromatic carbocycles. The standard InChI is InChI=1S/C25H34F3N5O3/c1-24(9-14-32(15-10-24)23(36)33-13-8-20(29-33)22(34)35)30(2)17-18-6-7-19(25(26,27)28)16-21(18)31-11-4-3-5-12-31/h6-8,13,16,22,34-35H,3-5,9-12,14-15,17H2,1-2H3. The van der Waals surface area contributed by atoms with Crippen LogP contribution in [0, 0.1) is 0 Å². The van der Waals surface area contributed by atoms with Crippen LogP contribution in [0.5, 0.6) is 0 Å². The van der Waals surface area contributed by atoms with E-state index in [0.717, 1.165) is 42.6 Å². The Bertz CT molecular complexity index is 1060. The van der Waals surface area contributed by atoms with Gasteiger partial charge in [0.05, 0.1) is 5.56 Å². The zero-order valence-corrected chi connectivity index (χ0v) is 20.7. The highest BCUT2D eigenvalue weighted by molar-refractivity contribution is 5.76. The molecule has 0 unspecified atom stereocenters. The molecule has 0 saturated carbocycles.